The van der Waals surface area contributed by atoms with Crippen molar-refractivity contribution in [3.8, 4) is 0 Å². The minimum absolute atomic E-state index is 0. The van der Waals surface area contributed by atoms with E-state index in [0.717, 1.165) is 9.80 Å². The normalized spacial score (nSPS) is 25.4. The Balaban J connectivity index is 0.00000450. The van der Waals surface area contributed by atoms with Gasteiger partial charge < -0.3 is 4.74 Å². The summed E-state index contributed by atoms with van der Waals surface area (Å²) < 4.78 is 137. The van der Waals surface area contributed by atoms with E-state index in [9.17, 15) is 43.9 Å². The van der Waals surface area contributed by atoms with Crippen molar-refractivity contribution in [2.45, 2.75) is 62.1 Å². The monoisotopic (exact) mass is 484 g/mol. The molecule has 0 radical (unpaired) electrons. The van der Waals surface area contributed by atoms with E-state index in [1.807, 2.05) is 0 Å². The fourth-order valence-electron chi connectivity index (χ4n) is 3.24. The topological polar surface area (TPSA) is 15.7 Å². The first-order chi connectivity index (χ1) is 13.1. The molecule has 2 aliphatic rings. The number of hydrogen-bond acceptors (Lipinski definition) is 3. The molecule has 0 bridgehead atoms. The number of hydrogen-bond donors (Lipinski definition) is 0. The van der Waals surface area contributed by atoms with Gasteiger partial charge in [-0.15, -0.1) is 12.4 Å². The molecule has 0 aromatic rings. The van der Waals surface area contributed by atoms with Crippen molar-refractivity contribution < 1.29 is 48.6 Å². The third kappa shape index (κ3) is 8.54. The molecule has 0 N–H and O–H groups in total. The minimum atomic E-state index is -5.15. The molecule has 0 unspecified atom stereocenters. The molecule has 2 saturated heterocycles. The lowest BCUT2D eigenvalue weighted by Gasteiger charge is -2.38. The predicted molar refractivity (Wildman–Crippen MR) is 89.3 cm³/mol. The van der Waals surface area contributed by atoms with Crippen LogP contribution in [0.3, 0.4) is 0 Å². The van der Waals surface area contributed by atoms with Gasteiger partial charge in [-0.1, -0.05) is 0 Å². The lowest BCUT2D eigenvalue weighted by Crippen LogP contribution is -2.53. The van der Waals surface area contributed by atoms with E-state index in [0.29, 0.717) is 0 Å². The Labute approximate surface area is 173 Å². The molecular weight excluding hydrogens is 462 g/mol. The average molecular weight is 485 g/mol. The minimum Gasteiger partial charge on any atom is -0.353 e. The molecule has 14 heteroatoms. The summed E-state index contributed by atoms with van der Waals surface area (Å²) in [4.78, 5) is 1.98. The van der Waals surface area contributed by atoms with Gasteiger partial charge in [0.2, 0.25) is 0 Å². The molecule has 0 spiro atoms. The van der Waals surface area contributed by atoms with E-state index in [1.165, 1.54) is 0 Å². The van der Waals surface area contributed by atoms with E-state index in [-0.39, 0.29) is 12.4 Å². The molecule has 0 amide bonds. The molecule has 2 aliphatic heterocycles. The van der Waals surface area contributed by atoms with Crippen LogP contribution in [0.4, 0.5) is 43.9 Å². The number of likely N-dealkylation sites (tertiary alicyclic amines) is 2. The summed E-state index contributed by atoms with van der Waals surface area (Å²) in [6.07, 6.45) is -18.8. The molecule has 0 aromatic carbocycles. The van der Waals surface area contributed by atoms with Crippen LogP contribution in [-0.4, -0.2) is 85.5 Å². The van der Waals surface area contributed by atoms with Crippen LogP contribution in [0, 0.1) is 0 Å². The second-order valence-corrected chi connectivity index (χ2v) is 7.51. The van der Waals surface area contributed by atoms with Crippen LogP contribution in [0.15, 0.2) is 0 Å². The maximum Gasteiger partial charge on any atom is 0.415 e. The Morgan fingerprint density at radius 2 is 0.900 bits per heavy atom. The predicted octanol–water partition coefficient (Wildman–Crippen LogP) is 4.75. The second kappa shape index (κ2) is 9.95. The van der Waals surface area contributed by atoms with Crippen LogP contribution in [-0.2, 0) is 4.74 Å². The number of rotatable bonds is 6. The van der Waals surface area contributed by atoms with Gasteiger partial charge in [-0.2, -0.15) is 26.3 Å². The summed E-state index contributed by atoms with van der Waals surface area (Å²) in [5.41, 5.74) is 0. The van der Waals surface area contributed by atoms with E-state index in [2.05, 4.69) is 4.74 Å². The highest BCUT2D eigenvalue weighted by Gasteiger charge is 2.50. The number of alkyl halides is 10. The smallest absolute Gasteiger partial charge is 0.353 e. The first-order valence-corrected chi connectivity index (χ1v) is 9.07. The lowest BCUT2D eigenvalue weighted by molar-refractivity contribution is -0.291. The van der Waals surface area contributed by atoms with Crippen molar-refractivity contribution in [1.29, 1.82) is 0 Å². The summed E-state index contributed by atoms with van der Waals surface area (Å²) in [5, 5.41) is 0. The van der Waals surface area contributed by atoms with Gasteiger partial charge in [-0.3, -0.25) is 9.80 Å². The van der Waals surface area contributed by atoms with Crippen molar-refractivity contribution in [2.24, 2.45) is 0 Å². The lowest BCUT2D eigenvalue weighted by atomic mass is 10.1. The summed E-state index contributed by atoms with van der Waals surface area (Å²) in [6, 6.07) is 0. The Kier molecular flexibility index (Phi) is 9.12. The van der Waals surface area contributed by atoms with E-state index in [4.69, 9.17) is 0 Å². The van der Waals surface area contributed by atoms with Crippen LogP contribution in [0.25, 0.3) is 0 Å². The zero-order valence-corrected chi connectivity index (χ0v) is 16.5. The highest BCUT2D eigenvalue weighted by Crippen LogP contribution is 2.34. The standard InChI is InChI=1S/C16H22F10N2O.ClH/c17-13(18)1-5-27(6-2-13)9-11(15(21,22)23)29-12(16(24,25)26)10-28-7-3-14(19,20)4-8-28;/h11-12H,1-10H2;1H/t11-,12-;/m0./s1. The van der Waals surface area contributed by atoms with Crippen LogP contribution in [0.1, 0.15) is 25.7 Å². The van der Waals surface area contributed by atoms with Crippen molar-refractivity contribution in [3.63, 3.8) is 0 Å². The maximum atomic E-state index is 13.3. The van der Waals surface area contributed by atoms with Crippen LogP contribution < -0.4 is 0 Å². The van der Waals surface area contributed by atoms with Crippen LogP contribution >= 0.6 is 12.4 Å². The molecule has 30 heavy (non-hydrogen) atoms. The van der Waals surface area contributed by atoms with Crippen molar-refractivity contribution >= 4 is 12.4 Å². The number of piperidine rings is 2. The zero-order chi connectivity index (χ0) is 22.1. The van der Waals surface area contributed by atoms with Crippen molar-refractivity contribution in [3.05, 3.63) is 0 Å². The molecule has 2 rings (SSSR count). The Bertz CT molecular complexity index is 477. The van der Waals surface area contributed by atoms with E-state index < -0.39 is 101 Å². The molecule has 2 fully saturated rings. The highest BCUT2D eigenvalue weighted by atomic mass is 35.5. The second-order valence-electron chi connectivity index (χ2n) is 7.51. The largest absolute Gasteiger partial charge is 0.415 e. The Morgan fingerprint density at radius 1 is 0.633 bits per heavy atom. The summed E-state index contributed by atoms with van der Waals surface area (Å²) in [7, 11) is 0. The molecule has 0 aromatic heterocycles. The highest BCUT2D eigenvalue weighted by molar-refractivity contribution is 5.85. The molecule has 0 saturated carbocycles. The molecule has 180 valence electrons. The Morgan fingerprint density at radius 3 is 1.13 bits per heavy atom. The van der Waals surface area contributed by atoms with Crippen LogP contribution in [0.2, 0.25) is 0 Å². The maximum absolute atomic E-state index is 13.3. The van der Waals surface area contributed by atoms with E-state index >= 15 is 0 Å². The van der Waals surface area contributed by atoms with Crippen molar-refractivity contribution in [1.82, 2.24) is 9.80 Å². The van der Waals surface area contributed by atoms with Crippen LogP contribution in [0.5, 0.6) is 0 Å². The summed E-state index contributed by atoms with van der Waals surface area (Å²) in [5.74, 6) is -6.04. The third-order valence-electron chi connectivity index (χ3n) is 5.08. The number of halogens is 11. The van der Waals surface area contributed by atoms with Gasteiger partial charge in [-0.05, 0) is 0 Å². The summed E-state index contributed by atoms with van der Waals surface area (Å²) >= 11 is 0. The first kappa shape index (κ1) is 27.5. The number of ether oxygens (including phenoxy) is 1. The third-order valence-corrected chi connectivity index (χ3v) is 5.08. The average Bonchev–Trinajstić information content (AvgIpc) is 2.54. The van der Waals surface area contributed by atoms with Gasteiger partial charge in [0, 0.05) is 65.0 Å². The molecule has 2 heterocycles. The summed E-state index contributed by atoms with van der Waals surface area (Å²) in [6.45, 7) is -3.63. The van der Waals surface area contributed by atoms with Gasteiger partial charge >= 0.3 is 12.4 Å². The molecule has 3 nitrogen and oxygen atoms in total. The van der Waals surface area contributed by atoms with Gasteiger partial charge in [-0.25, -0.2) is 17.6 Å². The Hall–Kier alpha value is -0.530. The van der Waals surface area contributed by atoms with Gasteiger partial charge in [0.05, 0.1) is 0 Å². The van der Waals surface area contributed by atoms with Gasteiger partial charge in [0.1, 0.15) is 0 Å². The molecule has 0 aliphatic carbocycles. The quantitative estimate of drug-likeness (QED) is 0.506. The zero-order valence-electron chi connectivity index (χ0n) is 15.7. The fourth-order valence-corrected chi connectivity index (χ4v) is 3.24. The van der Waals surface area contributed by atoms with Gasteiger partial charge in [0.15, 0.2) is 12.2 Å². The molecular formula is C16H23ClF10N2O. The number of nitrogens with zero attached hydrogens (tertiary/aromatic N) is 2. The van der Waals surface area contributed by atoms with Crippen molar-refractivity contribution in [2.75, 3.05) is 39.3 Å². The van der Waals surface area contributed by atoms with Gasteiger partial charge in [0.25, 0.3) is 11.8 Å². The van der Waals surface area contributed by atoms with E-state index in [1.54, 1.807) is 0 Å². The first-order valence-electron chi connectivity index (χ1n) is 9.07. The molecule has 2 atom stereocenters. The SMILES string of the molecule is Cl.FC1(F)CCN(C[C@H](O[C@@H](CN2CCC(F)(F)CC2)C(F)(F)F)C(F)(F)F)CC1. The fraction of sp³-hybridized carbons (Fsp3) is 1.00.